The van der Waals surface area contributed by atoms with Crippen LogP contribution in [0, 0.1) is 17.6 Å². The molecule has 8 heteroatoms. The maximum atomic E-state index is 13.6. The van der Waals surface area contributed by atoms with Gasteiger partial charge in [-0.15, -0.1) is 24.0 Å². The van der Waals surface area contributed by atoms with Crippen LogP contribution in [0.15, 0.2) is 23.2 Å². The van der Waals surface area contributed by atoms with Gasteiger partial charge in [0.15, 0.2) is 5.96 Å². The molecule has 1 heterocycles. The minimum absolute atomic E-state index is 0. The number of likely N-dealkylation sites (tertiary alicyclic amines) is 1. The van der Waals surface area contributed by atoms with Gasteiger partial charge >= 0.3 is 5.97 Å². The molecule has 1 saturated heterocycles. The summed E-state index contributed by atoms with van der Waals surface area (Å²) in [5.74, 6) is -0.609. The van der Waals surface area contributed by atoms with Crippen LogP contribution in [0.1, 0.15) is 18.4 Å². The number of carbonyl (C=O) groups is 1. The molecule has 2 rings (SSSR count). The molecule has 1 aromatic rings. The third-order valence-electron chi connectivity index (χ3n) is 4.23. The standard InChI is InChI=1S/C17H23F2N3O2.HI/c1-20-17(22-9-6-13(7-10-22)16(23)24-2)21-8-5-12-3-4-14(18)11-15(12)19;/h3-4,11,13H,5-10H2,1-2H3,(H,20,21);1H. The van der Waals surface area contributed by atoms with E-state index in [1.54, 1.807) is 7.05 Å². The highest BCUT2D eigenvalue weighted by Gasteiger charge is 2.26. The lowest BCUT2D eigenvalue weighted by molar-refractivity contribution is -0.146. The van der Waals surface area contributed by atoms with Crippen LogP contribution in [0.2, 0.25) is 0 Å². The minimum atomic E-state index is -0.575. The topological polar surface area (TPSA) is 53.9 Å². The Kier molecular flexibility index (Phi) is 9.09. The largest absolute Gasteiger partial charge is 0.469 e. The lowest BCUT2D eigenvalue weighted by Gasteiger charge is -2.33. The van der Waals surface area contributed by atoms with Crippen molar-refractivity contribution in [1.82, 2.24) is 10.2 Å². The molecule has 0 aromatic heterocycles. The number of piperidine rings is 1. The van der Waals surface area contributed by atoms with Gasteiger partial charge in [0.05, 0.1) is 13.0 Å². The minimum Gasteiger partial charge on any atom is -0.469 e. The molecular weight excluding hydrogens is 443 g/mol. The highest BCUT2D eigenvalue weighted by molar-refractivity contribution is 14.0. The molecule has 0 atom stereocenters. The van der Waals surface area contributed by atoms with E-state index in [1.807, 2.05) is 0 Å². The van der Waals surface area contributed by atoms with Crippen LogP contribution >= 0.6 is 24.0 Å². The molecular formula is C17H24F2IN3O2. The summed E-state index contributed by atoms with van der Waals surface area (Å²) in [5.41, 5.74) is 0.462. The normalized spacial score (nSPS) is 15.5. The summed E-state index contributed by atoms with van der Waals surface area (Å²) in [5, 5.41) is 3.19. The lowest BCUT2D eigenvalue weighted by Crippen LogP contribution is -2.47. The molecule has 0 aliphatic carbocycles. The molecule has 0 spiro atoms. The zero-order chi connectivity index (χ0) is 17.5. The summed E-state index contributed by atoms with van der Waals surface area (Å²) in [7, 11) is 3.09. The quantitative estimate of drug-likeness (QED) is 0.320. The molecule has 1 N–H and O–H groups in total. The van der Waals surface area contributed by atoms with E-state index in [2.05, 4.69) is 15.2 Å². The van der Waals surface area contributed by atoms with Gasteiger partial charge in [-0.3, -0.25) is 9.79 Å². The third kappa shape index (κ3) is 6.09. The number of guanidine groups is 1. The summed E-state index contributed by atoms with van der Waals surface area (Å²) in [6, 6.07) is 3.60. The van der Waals surface area contributed by atoms with Gasteiger partial charge in [0, 0.05) is 32.7 Å². The van der Waals surface area contributed by atoms with Crippen molar-refractivity contribution in [3.8, 4) is 0 Å². The fourth-order valence-electron chi connectivity index (χ4n) is 2.86. The maximum Gasteiger partial charge on any atom is 0.308 e. The van der Waals surface area contributed by atoms with Crippen molar-refractivity contribution in [3.05, 3.63) is 35.4 Å². The number of rotatable bonds is 4. The number of hydrogen-bond acceptors (Lipinski definition) is 3. The van der Waals surface area contributed by atoms with Crippen molar-refractivity contribution in [1.29, 1.82) is 0 Å². The van der Waals surface area contributed by atoms with E-state index >= 15 is 0 Å². The summed E-state index contributed by atoms with van der Waals surface area (Å²) >= 11 is 0. The van der Waals surface area contributed by atoms with Gasteiger partial charge in [-0.2, -0.15) is 0 Å². The highest BCUT2D eigenvalue weighted by atomic mass is 127. The predicted molar refractivity (Wildman–Crippen MR) is 103 cm³/mol. The van der Waals surface area contributed by atoms with Gasteiger partial charge in [-0.25, -0.2) is 8.78 Å². The van der Waals surface area contributed by atoms with Crippen LogP contribution in [-0.2, 0) is 16.0 Å². The van der Waals surface area contributed by atoms with Crippen molar-refractivity contribution in [2.45, 2.75) is 19.3 Å². The molecule has 1 fully saturated rings. The molecule has 0 unspecified atom stereocenters. The summed E-state index contributed by atoms with van der Waals surface area (Å²) in [4.78, 5) is 17.8. The average Bonchev–Trinajstić information content (AvgIpc) is 2.60. The van der Waals surface area contributed by atoms with E-state index in [0.717, 1.165) is 24.9 Å². The second-order valence-corrected chi connectivity index (χ2v) is 5.74. The summed E-state index contributed by atoms with van der Waals surface area (Å²) in [6.45, 7) is 1.92. The van der Waals surface area contributed by atoms with Gasteiger partial charge in [0.2, 0.25) is 0 Å². The number of halogens is 3. The molecule has 1 aromatic carbocycles. The van der Waals surface area contributed by atoms with Crippen LogP contribution < -0.4 is 5.32 Å². The number of methoxy groups -OCH3 is 1. The number of nitrogens with one attached hydrogen (secondary N) is 1. The molecule has 140 valence electrons. The lowest BCUT2D eigenvalue weighted by atomic mass is 9.97. The molecule has 5 nitrogen and oxygen atoms in total. The third-order valence-corrected chi connectivity index (χ3v) is 4.23. The van der Waals surface area contributed by atoms with Crippen LogP contribution in [0.25, 0.3) is 0 Å². The van der Waals surface area contributed by atoms with Crippen molar-refractivity contribution < 1.29 is 18.3 Å². The van der Waals surface area contributed by atoms with Gasteiger partial charge in [-0.05, 0) is 30.9 Å². The fourth-order valence-corrected chi connectivity index (χ4v) is 2.86. The molecule has 0 amide bonds. The van der Waals surface area contributed by atoms with E-state index < -0.39 is 11.6 Å². The Bertz CT molecular complexity index is 606. The van der Waals surface area contributed by atoms with Gasteiger partial charge in [0.1, 0.15) is 11.6 Å². The Labute approximate surface area is 163 Å². The van der Waals surface area contributed by atoms with Crippen molar-refractivity contribution in [2.75, 3.05) is 33.8 Å². The molecule has 1 aliphatic rings. The van der Waals surface area contributed by atoms with Gasteiger partial charge in [0.25, 0.3) is 0 Å². The first-order chi connectivity index (χ1) is 11.5. The molecule has 1 aliphatic heterocycles. The number of hydrogen-bond donors (Lipinski definition) is 1. The number of aliphatic imine (C=N–C) groups is 1. The fraction of sp³-hybridized carbons (Fsp3) is 0.529. The Balaban J connectivity index is 0.00000312. The monoisotopic (exact) mass is 467 g/mol. The van der Waals surface area contributed by atoms with E-state index in [0.29, 0.717) is 31.6 Å². The van der Waals surface area contributed by atoms with Crippen LogP contribution in [-0.4, -0.2) is 50.6 Å². The van der Waals surface area contributed by atoms with Crippen molar-refractivity contribution in [3.63, 3.8) is 0 Å². The molecule has 0 saturated carbocycles. The second-order valence-electron chi connectivity index (χ2n) is 5.74. The van der Waals surface area contributed by atoms with Crippen LogP contribution in [0.4, 0.5) is 8.78 Å². The zero-order valence-electron chi connectivity index (χ0n) is 14.4. The zero-order valence-corrected chi connectivity index (χ0v) is 16.8. The first-order valence-corrected chi connectivity index (χ1v) is 8.02. The Hall–Kier alpha value is -1.45. The highest BCUT2D eigenvalue weighted by Crippen LogP contribution is 2.18. The van der Waals surface area contributed by atoms with E-state index in [1.165, 1.54) is 19.2 Å². The maximum absolute atomic E-state index is 13.6. The Morgan fingerprint density at radius 3 is 2.60 bits per heavy atom. The second kappa shape index (κ2) is 10.5. The average molecular weight is 467 g/mol. The van der Waals surface area contributed by atoms with Crippen molar-refractivity contribution >= 4 is 35.9 Å². The first kappa shape index (κ1) is 21.6. The van der Waals surface area contributed by atoms with E-state index in [4.69, 9.17) is 4.74 Å². The summed E-state index contributed by atoms with van der Waals surface area (Å²) < 4.78 is 31.3. The van der Waals surface area contributed by atoms with Gasteiger partial charge < -0.3 is 15.0 Å². The molecule has 25 heavy (non-hydrogen) atoms. The SMILES string of the molecule is CN=C(NCCc1ccc(F)cc1F)N1CCC(C(=O)OC)CC1.I. The smallest absolute Gasteiger partial charge is 0.308 e. The van der Waals surface area contributed by atoms with Gasteiger partial charge in [-0.1, -0.05) is 6.07 Å². The summed E-state index contributed by atoms with van der Waals surface area (Å²) in [6.07, 6.45) is 1.88. The molecule has 0 bridgehead atoms. The van der Waals surface area contributed by atoms with E-state index in [-0.39, 0.29) is 35.9 Å². The van der Waals surface area contributed by atoms with Crippen molar-refractivity contribution in [2.24, 2.45) is 10.9 Å². The number of carbonyl (C=O) groups excluding carboxylic acids is 1. The first-order valence-electron chi connectivity index (χ1n) is 8.02. The Morgan fingerprint density at radius 1 is 1.36 bits per heavy atom. The number of ether oxygens (including phenoxy) is 1. The number of esters is 1. The number of nitrogens with zero attached hydrogens (tertiary/aromatic N) is 2. The Morgan fingerprint density at radius 2 is 2.04 bits per heavy atom. The van der Waals surface area contributed by atoms with Crippen LogP contribution in [0.5, 0.6) is 0 Å². The molecule has 0 radical (unpaired) electrons. The number of benzene rings is 1. The van der Waals surface area contributed by atoms with E-state index in [9.17, 15) is 13.6 Å². The predicted octanol–water partition coefficient (Wildman–Crippen LogP) is 2.59. The van der Waals surface area contributed by atoms with Crippen LogP contribution in [0.3, 0.4) is 0 Å².